The number of aromatic nitrogens is 1. The predicted octanol–water partition coefficient (Wildman–Crippen LogP) is 7.63. The fourth-order valence-corrected chi connectivity index (χ4v) is 3.93. The van der Waals surface area contributed by atoms with E-state index < -0.39 is 5.97 Å². The number of rotatable bonds is 7. The van der Waals surface area contributed by atoms with E-state index in [2.05, 4.69) is 16.7 Å². The van der Waals surface area contributed by atoms with Gasteiger partial charge >= 0.3 is 5.97 Å². The van der Waals surface area contributed by atoms with Gasteiger partial charge in [-0.1, -0.05) is 41.9 Å². The van der Waals surface area contributed by atoms with Gasteiger partial charge in [0.25, 0.3) is 0 Å². The summed E-state index contributed by atoms with van der Waals surface area (Å²) in [5.74, 6) is 1.60. The molecular formula is C28H20ClNO4. The summed E-state index contributed by atoms with van der Waals surface area (Å²) in [6.45, 7) is 0.720. The Morgan fingerprint density at radius 1 is 0.794 bits per heavy atom. The van der Waals surface area contributed by atoms with E-state index in [1.165, 1.54) is 12.1 Å². The lowest BCUT2D eigenvalue weighted by molar-refractivity contribution is 0.0697. The number of benzene rings is 4. The van der Waals surface area contributed by atoms with Crippen molar-refractivity contribution in [1.29, 1.82) is 0 Å². The van der Waals surface area contributed by atoms with E-state index >= 15 is 0 Å². The molecule has 6 heteroatoms. The van der Waals surface area contributed by atoms with Gasteiger partial charge in [-0.2, -0.15) is 0 Å². The number of ether oxygens (including phenoxy) is 2. The van der Waals surface area contributed by atoms with Crippen LogP contribution in [-0.4, -0.2) is 15.6 Å². The second-order valence-corrected chi connectivity index (χ2v) is 8.18. The lowest BCUT2D eigenvalue weighted by Crippen LogP contribution is -1.98. The molecule has 0 spiro atoms. The van der Waals surface area contributed by atoms with E-state index in [-0.39, 0.29) is 10.6 Å². The van der Waals surface area contributed by atoms with Gasteiger partial charge in [-0.15, -0.1) is 0 Å². The standard InChI is InChI=1S/C28H20ClNO4/c29-25-17-21(28(31)32)8-13-27(25)34-24-11-12-26-20(16-24)14-15-30(26)18-19-6-9-23(10-7-19)33-22-4-2-1-3-5-22/h1-17H,18H2,(H,31,32). The van der Waals surface area contributed by atoms with E-state index in [4.69, 9.17) is 26.2 Å². The average Bonchev–Trinajstić information content (AvgIpc) is 3.24. The minimum absolute atomic E-state index is 0.115. The van der Waals surface area contributed by atoms with Crippen molar-refractivity contribution in [2.75, 3.05) is 0 Å². The Bertz CT molecular complexity index is 1460. The van der Waals surface area contributed by atoms with Crippen LogP contribution in [0.2, 0.25) is 5.02 Å². The second-order valence-electron chi connectivity index (χ2n) is 7.78. The van der Waals surface area contributed by atoms with E-state index in [1.54, 1.807) is 6.07 Å². The molecule has 0 aliphatic heterocycles. The molecule has 0 saturated heterocycles. The maximum absolute atomic E-state index is 11.1. The molecule has 5 rings (SSSR count). The Morgan fingerprint density at radius 3 is 2.26 bits per heavy atom. The molecule has 0 aliphatic carbocycles. The number of carboxylic acid groups (broad SMARTS) is 1. The van der Waals surface area contributed by atoms with Crippen molar-refractivity contribution in [3.05, 3.63) is 119 Å². The van der Waals surface area contributed by atoms with Gasteiger partial charge in [0, 0.05) is 23.6 Å². The zero-order valence-corrected chi connectivity index (χ0v) is 18.8. The first-order valence-corrected chi connectivity index (χ1v) is 11.0. The minimum Gasteiger partial charge on any atom is -0.478 e. The first-order chi connectivity index (χ1) is 16.5. The fourth-order valence-electron chi connectivity index (χ4n) is 3.71. The number of carboxylic acids is 1. The number of halogens is 1. The highest BCUT2D eigenvalue weighted by molar-refractivity contribution is 6.32. The number of aromatic carboxylic acids is 1. The Balaban J connectivity index is 1.30. The third-order valence-corrected chi connectivity index (χ3v) is 5.70. The van der Waals surface area contributed by atoms with Crippen LogP contribution in [-0.2, 0) is 6.54 Å². The number of carbonyl (C=O) groups is 1. The molecule has 0 unspecified atom stereocenters. The predicted molar refractivity (Wildman–Crippen MR) is 132 cm³/mol. The van der Waals surface area contributed by atoms with Gasteiger partial charge < -0.3 is 19.1 Å². The third kappa shape index (κ3) is 4.75. The summed E-state index contributed by atoms with van der Waals surface area (Å²) in [5, 5.41) is 10.4. The fraction of sp³-hybridized carbons (Fsp3) is 0.0357. The third-order valence-electron chi connectivity index (χ3n) is 5.40. The van der Waals surface area contributed by atoms with Gasteiger partial charge in [0.15, 0.2) is 0 Å². The summed E-state index contributed by atoms with van der Waals surface area (Å²) >= 11 is 6.19. The molecule has 4 aromatic carbocycles. The molecule has 0 bridgehead atoms. The van der Waals surface area contributed by atoms with Crippen molar-refractivity contribution in [3.8, 4) is 23.0 Å². The molecule has 1 heterocycles. The molecule has 0 saturated carbocycles. The lowest BCUT2D eigenvalue weighted by Gasteiger charge is -2.10. The molecule has 1 N–H and O–H groups in total. The topological polar surface area (TPSA) is 60.7 Å². The molecule has 0 atom stereocenters. The number of para-hydroxylation sites is 1. The van der Waals surface area contributed by atoms with Crippen molar-refractivity contribution in [2.45, 2.75) is 6.54 Å². The Morgan fingerprint density at radius 2 is 1.53 bits per heavy atom. The van der Waals surface area contributed by atoms with Gasteiger partial charge in [-0.05, 0) is 72.3 Å². The molecule has 5 aromatic rings. The smallest absolute Gasteiger partial charge is 0.335 e. The first-order valence-electron chi connectivity index (χ1n) is 10.7. The average molecular weight is 470 g/mol. The molecule has 0 fully saturated rings. The van der Waals surface area contributed by atoms with Crippen LogP contribution < -0.4 is 9.47 Å². The highest BCUT2D eigenvalue weighted by Gasteiger charge is 2.10. The van der Waals surface area contributed by atoms with Gasteiger partial charge in [0.05, 0.1) is 10.6 Å². The van der Waals surface area contributed by atoms with Crippen LogP contribution in [0.1, 0.15) is 15.9 Å². The van der Waals surface area contributed by atoms with Crippen LogP contribution >= 0.6 is 11.6 Å². The van der Waals surface area contributed by atoms with Crippen molar-refractivity contribution in [1.82, 2.24) is 4.57 Å². The summed E-state index contributed by atoms with van der Waals surface area (Å²) in [4.78, 5) is 11.1. The number of hydrogen-bond donors (Lipinski definition) is 1. The minimum atomic E-state index is -1.03. The largest absolute Gasteiger partial charge is 0.478 e. The van der Waals surface area contributed by atoms with E-state index in [1.807, 2.05) is 72.9 Å². The molecule has 0 radical (unpaired) electrons. The SMILES string of the molecule is O=C(O)c1ccc(Oc2ccc3c(ccn3Cc3ccc(Oc4ccccc4)cc3)c2)c(Cl)c1. The second kappa shape index (κ2) is 9.33. The van der Waals surface area contributed by atoms with Gasteiger partial charge in [-0.25, -0.2) is 4.79 Å². The van der Waals surface area contributed by atoms with Gasteiger partial charge in [-0.3, -0.25) is 0 Å². The highest BCUT2D eigenvalue weighted by atomic mass is 35.5. The van der Waals surface area contributed by atoms with Crippen LogP contribution in [0.5, 0.6) is 23.0 Å². The van der Waals surface area contributed by atoms with Crippen LogP contribution in [0.3, 0.4) is 0 Å². The zero-order valence-electron chi connectivity index (χ0n) is 18.0. The van der Waals surface area contributed by atoms with Crippen LogP contribution in [0.4, 0.5) is 0 Å². The molecule has 1 aromatic heterocycles. The van der Waals surface area contributed by atoms with E-state index in [9.17, 15) is 4.79 Å². The van der Waals surface area contributed by atoms with Gasteiger partial charge in [0.2, 0.25) is 0 Å². The van der Waals surface area contributed by atoms with E-state index in [0.29, 0.717) is 11.5 Å². The first kappa shape index (κ1) is 21.6. The van der Waals surface area contributed by atoms with E-state index in [0.717, 1.165) is 34.5 Å². The molecular weight excluding hydrogens is 450 g/mol. The molecule has 5 nitrogen and oxygen atoms in total. The van der Waals surface area contributed by atoms with Crippen molar-refractivity contribution >= 4 is 28.5 Å². The summed E-state index contributed by atoms with van der Waals surface area (Å²) in [5.41, 5.74) is 2.34. The summed E-state index contributed by atoms with van der Waals surface area (Å²) < 4.78 is 13.9. The van der Waals surface area contributed by atoms with Gasteiger partial charge in [0.1, 0.15) is 23.0 Å². The quantitative estimate of drug-likeness (QED) is 0.266. The van der Waals surface area contributed by atoms with Crippen LogP contribution in [0.25, 0.3) is 10.9 Å². The maximum Gasteiger partial charge on any atom is 0.335 e. The highest BCUT2D eigenvalue weighted by Crippen LogP contribution is 2.32. The van der Waals surface area contributed by atoms with Crippen LogP contribution in [0.15, 0.2) is 103 Å². The Kier molecular flexibility index (Phi) is 5.93. The van der Waals surface area contributed by atoms with Crippen molar-refractivity contribution in [2.24, 2.45) is 0 Å². The summed E-state index contributed by atoms with van der Waals surface area (Å²) in [6, 6.07) is 30.0. The molecule has 34 heavy (non-hydrogen) atoms. The Labute approximate surface area is 201 Å². The van der Waals surface area contributed by atoms with Crippen molar-refractivity contribution < 1.29 is 19.4 Å². The monoisotopic (exact) mass is 469 g/mol. The Hall–Kier alpha value is -4.22. The number of nitrogens with zero attached hydrogens (tertiary/aromatic N) is 1. The summed E-state index contributed by atoms with van der Waals surface area (Å²) in [7, 11) is 0. The molecule has 0 amide bonds. The molecule has 168 valence electrons. The maximum atomic E-state index is 11.1. The lowest BCUT2D eigenvalue weighted by atomic mass is 10.2. The number of hydrogen-bond acceptors (Lipinski definition) is 3. The summed E-state index contributed by atoms with van der Waals surface area (Å²) in [6.07, 6.45) is 2.04. The molecule has 0 aliphatic rings. The van der Waals surface area contributed by atoms with Crippen LogP contribution in [0, 0.1) is 0 Å². The number of fused-ring (bicyclic) bond motifs is 1. The van der Waals surface area contributed by atoms with Crippen molar-refractivity contribution in [3.63, 3.8) is 0 Å². The normalized spacial score (nSPS) is 10.9. The zero-order chi connectivity index (χ0) is 23.5.